The molecule has 3 rings (SSSR count). The number of hydrogen-bond acceptors (Lipinski definition) is 14. The number of carbonyl (C=O) groups excluding carboxylic acids is 7. The number of carboxylic acids is 1. The van der Waals surface area contributed by atoms with Gasteiger partial charge in [0.2, 0.25) is 17.7 Å². The molecule has 3 aromatic rings. The van der Waals surface area contributed by atoms with Crippen molar-refractivity contribution in [3.8, 4) is 0 Å². The van der Waals surface area contributed by atoms with Gasteiger partial charge >= 0.3 is 5.97 Å². The largest absolute Gasteiger partial charge is 0.481 e. The van der Waals surface area contributed by atoms with Crippen LogP contribution in [-0.4, -0.2) is 139 Å². The van der Waals surface area contributed by atoms with Crippen LogP contribution in [0.1, 0.15) is 176 Å². The first-order valence-corrected chi connectivity index (χ1v) is 28.3. The van der Waals surface area contributed by atoms with E-state index < -0.39 is 11.5 Å². The standard InChI is InChI=1S/C60H87N5O15/c66-40-46-18-24-49(25-19-46)53(70)15-9-7-8-14-52(69)30-37-78-43-60(65-56(73)16-10-5-3-1-2-4-6-11-17-57(74)75,44-79-38-31-54(71)61-33-12-35-63-58(76)50-26-20-47(41-67)21-27-50)45-80-39-32-55(72)62-34-13-36-64-59(77)51-28-22-48(42-68)23-29-51/h18-29,66-68H,1-17,30-45H2,(H,61,71)(H,62,72)(H,63,76)(H,64,77)(H,65,73)(H,74,75). The third-order valence-electron chi connectivity index (χ3n) is 13.1. The second-order valence-corrected chi connectivity index (χ2v) is 20.0. The molecule has 0 radical (unpaired) electrons. The van der Waals surface area contributed by atoms with Gasteiger partial charge < -0.3 is 61.2 Å². The highest BCUT2D eigenvalue weighted by Gasteiger charge is 2.34. The number of carboxylic acid groups (broad SMARTS) is 1. The molecule has 3 aromatic carbocycles. The average molecular weight is 1120 g/mol. The minimum Gasteiger partial charge on any atom is -0.481 e. The van der Waals surface area contributed by atoms with E-state index in [9.17, 15) is 53.7 Å². The second kappa shape index (κ2) is 41.6. The summed E-state index contributed by atoms with van der Waals surface area (Å²) < 4.78 is 18.2. The van der Waals surface area contributed by atoms with Crippen LogP contribution in [0.15, 0.2) is 72.8 Å². The number of nitrogens with one attached hydrogen (secondary N) is 5. The highest BCUT2D eigenvalue weighted by molar-refractivity contribution is 5.96. The smallest absolute Gasteiger partial charge is 0.303 e. The maximum absolute atomic E-state index is 13.7. The van der Waals surface area contributed by atoms with Crippen LogP contribution < -0.4 is 26.6 Å². The van der Waals surface area contributed by atoms with E-state index in [1.54, 1.807) is 72.8 Å². The number of aliphatic carboxylic acids is 1. The minimum atomic E-state index is -1.29. The van der Waals surface area contributed by atoms with Gasteiger partial charge in [-0.1, -0.05) is 93.5 Å². The number of rotatable bonds is 47. The van der Waals surface area contributed by atoms with Crippen molar-refractivity contribution in [2.45, 2.75) is 154 Å². The predicted octanol–water partition coefficient (Wildman–Crippen LogP) is 5.80. The van der Waals surface area contributed by atoms with Gasteiger partial charge in [-0.25, -0.2) is 0 Å². The van der Waals surface area contributed by atoms with Crippen molar-refractivity contribution in [1.29, 1.82) is 0 Å². The van der Waals surface area contributed by atoms with Gasteiger partial charge in [0.05, 0.1) is 59.5 Å². The molecule has 0 atom stereocenters. The van der Waals surface area contributed by atoms with Crippen LogP contribution in [0.3, 0.4) is 0 Å². The quantitative estimate of drug-likeness (QED) is 0.0239. The van der Waals surface area contributed by atoms with Gasteiger partial charge in [0.25, 0.3) is 11.8 Å². The number of hydrogen-bond donors (Lipinski definition) is 9. The summed E-state index contributed by atoms with van der Waals surface area (Å²) in [5.41, 5.74) is 2.30. The molecule has 0 aromatic heterocycles. The lowest BCUT2D eigenvalue weighted by atomic mass is 10.0. The second-order valence-electron chi connectivity index (χ2n) is 20.0. The van der Waals surface area contributed by atoms with Crippen LogP contribution in [0, 0.1) is 0 Å². The van der Waals surface area contributed by atoms with Gasteiger partial charge in [0.15, 0.2) is 5.78 Å². The normalized spacial score (nSPS) is 11.2. The summed E-state index contributed by atoms with van der Waals surface area (Å²) in [6, 6.07) is 20.0. The molecule has 9 N–H and O–H groups in total. The molecule has 5 amide bonds. The molecule has 0 spiro atoms. The number of ether oxygens (including phenoxy) is 3. The van der Waals surface area contributed by atoms with Crippen LogP contribution in [0.4, 0.5) is 0 Å². The molecule has 0 aliphatic carbocycles. The number of carbonyl (C=O) groups is 8. The third-order valence-corrected chi connectivity index (χ3v) is 13.1. The van der Waals surface area contributed by atoms with Crippen molar-refractivity contribution in [2.24, 2.45) is 0 Å². The summed E-state index contributed by atoms with van der Waals surface area (Å²) in [6.07, 6.45) is 10.6. The van der Waals surface area contributed by atoms with Crippen molar-refractivity contribution in [3.63, 3.8) is 0 Å². The molecule has 0 bridgehead atoms. The van der Waals surface area contributed by atoms with Crippen LogP contribution >= 0.6 is 0 Å². The molecule has 0 aliphatic rings. The van der Waals surface area contributed by atoms with E-state index in [4.69, 9.17) is 19.3 Å². The first kappa shape index (κ1) is 67.9. The fraction of sp³-hybridized carbons (Fsp3) is 0.567. The minimum absolute atomic E-state index is 0.000748. The van der Waals surface area contributed by atoms with Gasteiger partial charge in [0.1, 0.15) is 11.3 Å². The van der Waals surface area contributed by atoms with Crippen molar-refractivity contribution in [2.75, 3.05) is 65.8 Å². The fourth-order valence-electron chi connectivity index (χ4n) is 8.32. The number of aliphatic hydroxyl groups excluding tert-OH is 3. The number of amides is 5. The Labute approximate surface area is 470 Å². The summed E-state index contributed by atoms with van der Waals surface area (Å²) in [5.74, 6) is -2.24. The molecule has 0 saturated carbocycles. The molecule has 0 heterocycles. The van der Waals surface area contributed by atoms with Crippen molar-refractivity contribution in [3.05, 3.63) is 106 Å². The van der Waals surface area contributed by atoms with Gasteiger partial charge in [-0.15, -0.1) is 0 Å². The molecule has 20 heteroatoms. The Hall–Kier alpha value is -6.42. The fourth-order valence-corrected chi connectivity index (χ4v) is 8.32. The number of ketones is 2. The van der Waals surface area contributed by atoms with E-state index in [0.29, 0.717) is 112 Å². The van der Waals surface area contributed by atoms with E-state index in [-0.39, 0.29) is 133 Å². The molecule has 0 unspecified atom stereocenters. The lowest BCUT2D eigenvalue weighted by Gasteiger charge is -2.34. The number of benzene rings is 3. The lowest BCUT2D eigenvalue weighted by Crippen LogP contribution is -2.58. The van der Waals surface area contributed by atoms with Gasteiger partial charge in [-0.3, -0.25) is 38.4 Å². The highest BCUT2D eigenvalue weighted by atomic mass is 16.5. The summed E-state index contributed by atoms with van der Waals surface area (Å²) in [6.45, 7) is 0.455. The monoisotopic (exact) mass is 1120 g/mol. The van der Waals surface area contributed by atoms with Crippen molar-refractivity contribution < 1.29 is 73.0 Å². The maximum Gasteiger partial charge on any atom is 0.303 e. The molecule has 442 valence electrons. The Bertz CT molecular complexity index is 2080. The molecular weight excluding hydrogens is 1030 g/mol. The first-order valence-electron chi connectivity index (χ1n) is 28.3. The Morgan fingerprint density at radius 1 is 0.375 bits per heavy atom. The summed E-state index contributed by atoms with van der Waals surface area (Å²) in [7, 11) is 0. The van der Waals surface area contributed by atoms with E-state index in [1.807, 2.05) is 0 Å². The molecule has 0 fully saturated rings. The van der Waals surface area contributed by atoms with Crippen LogP contribution in [0.2, 0.25) is 0 Å². The Kier molecular flexibility index (Phi) is 35.3. The average Bonchev–Trinajstić information content (AvgIpc) is 3.46. The highest BCUT2D eigenvalue weighted by Crippen LogP contribution is 2.16. The number of Topliss-reactive ketones (excluding diaryl/α,β-unsaturated/α-hetero) is 2. The zero-order valence-corrected chi connectivity index (χ0v) is 46.5. The number of aliphatic hydroxyl groups is 3. The van der Waals surface area contributed by atoms with E-state index >= 15 is 0 Å². The summed E-state index contributed by atoms with van der Waals surface area (Å²) in [5, 5.41) is 51.0. The Balaban J connectivity index is 1.56. The van der Waals surface area contributed by atoms with E-state index in [0.717, 1.165) is 44.1 Å². The third kappa shape index (κ3) is 30.8. The topological polar surface area (TPSA) is 305 Å². The summed E-state index contributed by atoms with van der Waals surface area (Å²) in [4.78, 5) is 101. The van der Waals surface area contributed by atoms with Gasteiger partial charge in [-0.05, 0) is 79.5 Å². The predicted molar refractivity (Wildman–Crippen MR) is 300 cm³/mol. The zero-order valence-electron chi connectivity index (χ0n) is 46.5. The molecular formula is C60H87N5O15. The molecule has 0 saturated heterocycles. The summed E-state index contributed by atoms with van der Waals surface area (Å²) >= 11 is 0. The van der Waals surface area contributed by atoms with E-state index in [2.05, 4.69) is 26.6 Å². The van der Waals surface area contributed by atoms with Crippen LogP contribution in [0.25, 0.3) is 0 Å². The van der Waals surface area contributed by atoms with E-state index in [1.165, 1.54) is 0 Å². The SMILES string of the molecule is O=C(O)CCCCCCCCCCC(=O)NC(COCCC(=O)CCCCCC(=O)c1ccc(CO)cc1)(COCCC(=O)NCCCNC(=O)c1ccc(CO)cc1)COCCC(=O)NCCCNC(=O)c1ccc(CO)cc1. The van der Waals surface area contributed by atoms with Crippen LogP contribution in [0.5, 0.6) is 0 Å². The van der Waals surface area contributed by atoms with Gasteiger partial charge in [0, 0.05) is 87.8 Å². The van der Waals surface area contributed by atoms with Crippen molar-refractivity contribution in [1.82, 2.24) is 26.6 Å². The first-order chi connectivity index (χ1) is 38.8. The van der Waals surface area contributed by atoms with Crippen molar-refractivity contribution >= 4 is 47.1 Å². The maximum atomic E-state index is 13.7. The molecule has 80 heavy (non-hydrogen) atoms. The zero-order chi connectivity index (χ0) is 58.1. The number of unbranched alkanes of at least 4 members (excludes halogenated alkanes) is 9. The molecule has 0 aliphatic heterocycles. The Morgan fingerprint density at radius 2 is 0.738 bits per heavy atom. The Morgan fingerprint density at radius 3 is 1.18 bits per heavy atom. The lowest BCUT2D eigenvalue weighted by molar-refractivity contribution is -0.137. The van der Waals surface area contributed by atoms with Gasteiger partial charge in [-0.2, -0.15) is 0 Å². The van der Waals surface area contributed by atoms with Crippen LogP contribution in [-0.2, 0) is 58.0 Å². The molecule has 20 nitrogen and oxygen atoms in total.